The molecule has 1 rings (SSSR count). The number of carbonyl (C=O) groups is 2. The Balaban J connectivity index is 2.65. The van der Waals surface area contributed by atoms with Crippen molar-refractivity contribution in [2.24, 2.45) is 0 Å². The Hall–Kier alpha value is -3.68. The van der Waals surface area contributed by atoms with Gasteiger partial charge in [-0.25, -0.2) is 0 Å². The van der Waals surface area contributed by atoms with Gasteiger partial charge in [0.05, 0.1) is 25.4 Å². The van der Waals surface area contributed by atoms with Crippen molar-refractivity contribution in [1.29, 1.82) is 0 Å². The number of carbonyl (C=O) groups excluding carboxylic acids is 2. The highest BCUT2D eigenvalue weighted by Gasteiger charge is 2.47. The van der Waals surface area contributed by atoms with Crippen molar-refractivity contribution in [2.45, 2.75) is 314 Å². The van der Waals surface area contributed by atoms with Gasteiger partial charge in [-0.3, -0.25) is 9.59 Å². The summed E-state index contributed by atoms with van der Waals surface area (Å²) in [4.78, 5) is 26.6. The molecule has 1 aliphatic rings. The van der Waals surface area contributed by atoms with Gasteiger partial charge in [-0.2, -0.15) is 0 Å². The standard InChI is InChI=1S/C71H121NO10/c1-4-7-10-13-16-19-22-25-27-29-30-31-32-33-34-35-37-38-40-43-46-49-52-55-58-64(75)70(79)72-62(63(74)57-54-51-48-45-42-24-21-18-15-12-9-6-3)61-80-71-69(68(78)67(77)65(60-73)81-71)82-66(76)59-56-53-50-47-44-41-39-36-28-26-23-20-17-14-11-8-5-2/h7,10,16-17,19-20,25-28,30-31,33-34,39,41,54,57,62-65,67-69,71,73-75,77-78H,4-6,8-9,11-15,18,21-24,29,32,35-38,40,42-53,55-56,58-61H2,1-3H3,(H,72,79)/b10-7-,19-16-,20-17-,27-25-,28-26-,31-30-,34-33-,41-39-,57-54+. The molecular formula is C71H121NO10. The first-order valence-corrected chi connectivity index (χ1v) is 33.2. The second kappa shape index (κ2) is 57.7. The van der Waals surface area contributed by atoms with Crippen LogP contribution in [0.15, 0.2) is 109 Å². The number of amides is 1. The maximum Gasteiger partial charge on any atom is 0.306 e. The van der Waals surface area contributed by atoms with Crippen LogP contribution in [0.25, 0.3) is 0 Å². The average molecular weight is 1150 g/mol. The van der Waals surface area contributed by atoms with Gasteiger partial charge in [0.15, 0.2) is 12.4 Å². The zero-order valence-corrected chi connectivity index (χ0v) is 52.1. The quantitative estimate of drug-likeness (QED) is 0.0195. The van der Waals surface area contributed by atoms with E-state index < -0.39 is 67.4 Å². The molecule has 0 aromatic rings. The topological polar surface area (TPSA) is 175 Å². The second-order valence-corrected chi connectivity index (χ2v) is 22.5. The van der Waals surface area contributed by atoms with E-state index in [0.29, 0.717) is 12.8 Å². The Bertz CT molecular complexity index is 1750. The Morgan fingerprint density at radius 1 is 0.488 bits per heavy atom. The van der Waals surface area contributed by atoms with Gasteiger partial charge in [-0.05, 0) is 109 Å². The van der Waals surface area contributed by atoms with E-state index in [2.05, 4.69) is 123 Å². The molecule has 82 heavy (non-hydrogen) atoms. The summed E-state index contributed by atoms with van der Waals surface area (Å²) in [7, 11) is 0. The van der Waals surface area contributed by atoms with Crippen LogP contribution in [0, 0.1) is 0 Å². The normalized spacial score (nSPS) is 19.3. The molecule has 1 saturated heterocycles. The number of ether oxygens (including phenoxy) is 3. The maximum absolute atomic E-state index is 13.5. The van der Waals surface area contributed by atoms with Crippen LogP contribution in [0.2, 0.25) is 0 Å². The summed E-state index contributed by atoms with van der Waals surface area (Å²) < 4.78 is 17.6. The highest BCUT2D eigenvalue weighted by molar-refractivity contribution is 5.80. The molecule has 1 heterocycles. The molecular weight excluding hydrogens is 1030 g/mol. The summed E-state index contributed by atoms with van der Waals surface area (Å²) in [5, 5.41) is 57.1. The molecule has 0 spiro atoms. The molecule has 1 aliphatic heterocycles. The molecule has 11 nitrogen and oxygen atoms in total. The summed E-state index contributed by atoms with van der Waals surface area (Å²) in [6.45, 7) is 5.63. The van der Waals surface area contributed by atoms with Crippen LogP contribution in [0.3, 0.4) is 0 Å². The minimum Gasteiger partial charge on any atom is -0.454 e. The van der Waals surface area contributed by atoms with Gasteiger partial charge in [-0.1, -0.05) is 259 Å². The summed E-state index contributed by atoms with van der Waals surface area (Å²) >= 11 is 0. The van der Waals surface area contributed by atoms with Gasteiger partial charge >= 0.3 is 5.97 Å². The third-order valence-corrected chi connectivity index (χ3v) is 14.9. The average Bonchev–Trinajstić information content (AvgIpc) is 3.68. The van der Waals surface area contributed by atoms with Crippen LogP contribution < -0.4 is 5.32 Å². The number of rotatable bonds is 55. The number of esters is 1. The van der Waals surface area contributed by atoms with Gasteiger partial charge in [0.2, 0.25) is 5.91 Å². The second-order valence-electron chi connectivity index (χ2n) is 22.5. The fourth-order valence-electron chi connectivity index (χ4n) is 9.68. The van der Waals surface area contributed by atoms with Gasteiger partial charge in [0.1, 0.15) is 24.4 Å². The van der Waals surface area contributed by atoms with E-state index in [1.165, 1.54) is 89.9 Å². The number of allylic oxidation sites excluding steroid dienone is 17. The maximum atomic E-state index is 13.5. The first-order valence-electron chi connectivity index (χ1n) is 33.2. The van der Waals surface area contributed by atoms with E-state index in [0.717, 1.165) is 128 Å². The molecule has 6 N–H and O–H groups in total. The monoisotopic (exact) mass is 1150 g/mol. The third-order valence-electron chi connectivity index (χ3n) is 14.9. The number of nitrogens with one attached hydrogen (secondary N) is 1. The fourth-order valence-corrected chi connectivity index (χ4v) is 9.68. The zero-order chi connectivity index (χ0) is 59.6. The molecule has 0 radical (unpaired) electrons. The largest absolute Gasteiger partial charge is 0.454 e. The summed E-state index contributed by atoms with van der Waals surface area (Å²) in [6.07, 6.45) is 68.3. The molecule has 8 atom stereocenters. The number of hydrogen-bond donors (Lipinski definition) is 6. The van der Waals surface area contributed by atoms with Crippen LogP contribution in [-0.2, 0) is 23.8 Å². The molecule has 0 bridgehead atoms. The zero-order valence-electron chi connectivity index (χ0n) is 52.1. The van der Waals surface area contributed by atoms with E-state index in [1.807, 2.05) is 6.08 Å². The van der Waals surface area contributed by atoms with Crippen molar-refractivity contribution >= 4 is 11.9 Å². The number of hydrogen-bond acceptors (Lipinski definition) is 10. The fraction of sp³-hybridized carbons (Fsp3) is 0.718. The third kappa shape index (κ3) is 44.8. The molecule has 8 unspecified atom stereocenters. The smallest absolute Gasteiger partial charge is 0.306 e. The Morgan fingerprint density at radius 3 is 1.34 bits per heavy atom. The molecule has 0 aromatic heterocycles. The van der Waals surface area contributed by atoms with Crippen LogP contribution in [-0.4, -0.2) is 99.6 Å². The van der Waals surface area contributed by atoms with Crippen molar-refractivity contribution in [3.63, 3.8) is 0 Å². The molecule has 470 valence electrons. The van der Waals surface area contributed by atoms with Gasteiger partial charge in [0, 0.05) is 6.42 Å². The predicted octanol–water partition coefficient (Wildman–Crippen LogP) is 16.4. The Morgan fingerprint density at radius 2 is 0.878 bits per heavy atom. The van der Waals surface area contributed by atoms with Crippen molar-refractivity contribution in [3.8, 4) is 0 Å². The van der Waals surface area contributed by atoms with Crippen LogP contribution >= 0.6 is 0 Å². The van der Waals surface area contributed by atoms with Gasteiger partial charge in [0.25, 0.3) is 0 Å². The summed E-state index contributed by atoms with van der Waals surface area (Å²) in [6, 6.07) is -1.04. The number of unbranched alkanes of at least 4 members (excludes halogenated alkanes) is 25. The van der Waals surface area contributed by atoms with E-state index in [9.17, 15) is 35.1 Å². The lowest BCUT2D eigenvalue weighted by atomic mass is 9.99. The molecule has 0 saturated carbocycles. The Kier molecular flexibility index (Phi) is 53.7. The SMILES string of the molecule is CC/C=C\C/C=C\C/C=C\C/C=C\C/C=C\CCCCCCCCCCC(O)C(=O)NC(COC1OC(CO)C(O)C(O)C1OC(=O)CCCCCC/C=C\C/C=C\C/C=C\CCCCC)C(O)/C=C/CCCCCCCCCCCC. The molecule has 0 aliphatic carbocycles. The lowest BCUT2D eigenvalue weighted by Crippen LogP contribution is -2.61. The van der Waals surface area contributed by atoms with E-state index in [1.54, 1.807) is 6.08 Å². The molecule has 1 amide bonds. The van der Waals surface area contributed by atoms with E-state index in [4.69, 9.17) is 14.2 Å². The Labute approximate surface area is 500 Å². The van der Waals surface area contributed by atoms with Crippen molar-refractivity contribution in [1.82, 2.24) is 5.32 Å². The van der Waals surface area contributed by atoms with Crippen molar-refractivity contribution in [3.05, 3.63) is 109 Å². The first kappa shape index (κ1) is 76.3. The van der Waals surface area contributed by atoms with E-state index >= 15 is 0 Å². The van der Waals surface area contributed by atoms with E-state index in [-0.39, 0.29) is 19.4 Å². The van der Waals surface area contributed by atoms with Crippen molar-refractivity contribution in [2.75, 3.05) is 13.2 Å². The van der Waals surface area contributed by atoms with Gasteiger partial charge < -0.3 is 45.1 Å². The number of aliphatic hydroxyl groups is 5. The van der Waals surface area contributed by atoms with Gasteiger partial charge in [-0.15, -0.1) is 0 Å². The summed E-state index contributed by atoms with van der Waals surface area (Å²) in [5.41, 5.74) is 0. The molecule has 1 fully saturated rings. The van der Waals surface area contributed by atoms with Crippen LogP contribution in [0.4, 0.5) is 0 Å². The first-order chi connectivity index (χ1) is 40.2. The van der Waals surface area contributed by atoms with Crippen LogP contribution in [0.5, 0.6) is 0 Å². The van der Waals surface area contributed by atoms with Crippen LogP contribution in [0.1, 0.15) is 265 Å². The minimum absolute atomic E-state index is 0.0925. The highest BCUT2D eigenvalue weighted by Crippen LogP contribution is 2.26. The summed E-state index contributed by atoms with van der Waals surface area (Å²) in [5.74, 6) is -1.23. The van der Waals surface area contributed by atoms with Crippen molar-refractivity contribution < 1.29 is 49.3 Å². The predicted molar refractivity (Wildman–Crippen MR) is 342 cm³/mol. The lowest BCUT2D eigenvalue weighted by molar-refractivity contribution is -0.305. The lowest BCUT2D eigenvalue weighted by Gasteiger charge is -2.41. The highest BCUT2D eigenvalue weighted by atomic mass is 16.7. The minimum atomic E-state index is -1.63. The molecule has 0 aromatic carbocycles. The molecule has 11 heteroatoms. The number of aliphatic hydroxyl groups excluding tert-OH is 5.